The smallest absolute Gasteiger partial charge is 0.245 e. The van der Waals surface area contributed by atoms with Crippen molar-refractivity contribution in [2.75, 3.05) is 60.5 Å². The van der Waals surface area contributed by atoms with Gasteiger partial charge in [0.2, 0.25) is 41.4 Å². The molecular weight excluding hydrogens is 887 g/mol. The van der Waals surface area contributed by atoms with Gasteiger partial charge < -0.3 is 40.7 Å². The van der Waals surface area contributed by atoms with Crippen LogP contribution < -0.4 is 21.3 Å². The maximum Gasteiger partial charge on any atom is 0.245 e. The zero-order valence-corrected chi connectivity index (χ0v) is 41.4. The summed E-state index contributed by atoms with van der Waals surface area (Å²) >= 11 is 12.9. The molecule has 0 unspecified atom stereocenters. The summed E-state index contributed by atoms with van der Waals surface area (Å²) in [6.07, 6.45) is 10.1. The Morgan fingerprint density at radius 1 is 0.939 bits per heavy atom. The molecule has 16 nitrogen and oxygen atoms in total. The Hall–Kier alpha value is -4.43. The lowest BCUT2D eigenvalue weighted by Crippen LogP contribution is -2.60. The molecule has 0 spiro atoms. The lowest BCUT2D eigenvalue weighted by atomic mass is 9.98. The standard InChI is InChI=1S/C48H72Cl2N8O8/c1-9-35(54-47(65)48(11-3)20-21-48)41(59)52-37(16-12-15-23-58-24-26-66-27-25-58)45(63)56(7)39-17-13-14-22-55(6)44(62)36(10-2)51-43(61)40(30-32-29-33(49)18-19-34(32)50)57(8)46(64)38(28-31(4)5)53-42(39)60/h3,18-19,29,31,35-40H,9-10,12-17,20-28,30H2,1-2,4-8H3,(H,51,61)(H,52,59)(H,53,60)(H,54,65)/t35-,36+,37-,38-,39-,40-/m0/s1. The summed E-state index contributed by atoms with van der Waals surface area (Å²) in [6.45, 7) is 11.4. The molecule has 7 amide bonds. The average Bonchev–Trinajstić information content (AvgIpc) is 4.11. The van der Waals surface area contributed by atoms with E-state index in [0.717, 1.165) is 26.1 Å². The molecule has 4 N–H and O–H groups in total. The number of nitrogens with one attached hydrogen (secondary N) is 4. The monoisotopic (exact) mass is 958 g/mol. The number of carbonyl (C=O) groups excluding carboxylic acids is 7. The van der Waals surface area contributed by atoms with E-state index in [1.807, 2.05) is 13.8 Å². The van der Waals surface area contributed by atoms with Crippen molar-refractivity contribution in [3.05, 3.63) is 33.8 Å². The van der Waals surface area contributed by atoms with E-state index in [2.05, 4.69) is 32.1 Å². The van der Waals surface area contributed by atoms with E-state index in [9.17, 15) is 33.6 Å². The van der Waals surface area contributed by atoms with Crippen molar-refractivity contribution >= 4 is 64.6 Å². The summed E-state index contributed by atoms with van der Waals surface area (Å²) in [7, 11) is 4.64. The van der Waals surface area contributed by atoms with Gasteiger partial charge >= 0.3 is 0 Å². The van der Waals surface area contributed by atoms with Crippen LogP contribution in [-0.2, 0) is 44.7 Å². The topological polar surface area (TPSA) is 190 Å². The molecule has 1 aliphatic carbocycles. The fourth-order valence-corrected chi connectivity index (χ4v) is 8.88. The highest BCUT2D eigenvalue weighted by Gasteiger charge is 2.49. The Bertz CT molecular complexity index is 1920. The van der Waals surface area contributed by atoms with Gasteiger partial charge in [-0.1, -0.05) is 56.8 Å². The van der Waals surface area contributed by atoms with Crippen molar-refractivity contribution in [2.45, 2.75) is 141 Å². The fourth-order valence-electron chi connectivity index (χ4n) is 8.49. The molecule has 1 saturated carbocycles. The highest BCUT2D eigenvalue weighted by molar-refractivity contribution is 6.33. The molecule has 0 radical (unpaired) electrons. The van der Waals surface area contributed by atoms with Crippen LogP contribution in [0.25, 0.3) is 0 Å². The number of benzene rings is 1. The number of likely N-dealkylation sites (N-methyl/N-ethyl adjacent to an activating group) is 3. The van der Waals surface area contributed by atoms with Crippen molar-refractivity contribution in [1.82, 2.24) is 40.9 Å². The van der Waals surface area contributed by atoms with Crippen LogP contribution in [0.5, 0.6) is 0 Å². The van der Waals surface area contributed by atoms with E-state index in [4.69, 9.17) is 34.4 Å². The number of carbonyl (C=O) groups is 7. The molecule has 6 atom stereocenters. The highest BCUT2D eigenvalue weighted by atomic mass is 35.5. The number of rotatable bonds is 17. The van der Waals surface area contributed by atoms with Gasteiger partial charge in [-0.3, -0.25) is 38.5 Å². The van der Waals surface area contributed by atoms with E-state index in [1.54, 1.807) is 39.1 Å². The van der Waals surface area contributed by atoms with Crippen LogP contribution in [0, 0.1) is 23.7 Å². The Labute approximate surface area is 401 Å². The van der Waals surface area contributed by atoms with Gasteiger partial charge in [0.15, 0.2) is 0 Å². The summed E-state index contributed by atoms with van der Waals surface area (Å²) in [4.78, 5) is 106. The van der Waals surface area contributed by atoms with Gasteiger partial charge in [0, 0.05) is 57.2 Å². The molecule has 2 heterocycles. The molecule has 0 aromatic heterocycles. The van der Waals surface area contributed by atoms with Crippen LogP contribution in [0.4, 0.5) is 0 Å². The molecule has 0 bridgehead atoms. The molecule has 3 fully saturated rings. The number of ether oxygens (including phenoxy) is 1. The largest absolute Gasteiger partial charge is 0.379 e. The molecule has 1 aromatic rings. The maximum atomic E-state index is 14.8. The Morgan fingerprint density at radius 2 is 1.62 bits per heavy atom. The van der Waals surface area contributed by atoms with Crippen molar-refractivity contribution in [2.24, 2.45) is 11.3 Å². The van der Waals surface area contributed by atoms with Crippen molar-refractivity contribution in [3.63, 3.8) is 0 Å². The third-order valence-electron chi connectivity index (χ3n) is 13.0. The summed E-state index contributed by atoms with van der Waals surface area (Å²) in [5.74, 6) is -0.997. The predicted molar refractivity (Wildman–Crippen MR) is 254 cm³/mol. The van der Waals surface area contributed by atoms with Crippen LogP contribution >= 0.6 is 23.2 Å². The Morgan fingerprint density at radius 3 is 2.24 bits per heavy atom. The van der Waals surface area contributed by atoms with Gasteiger partial charge in [-0.05, 0) is 107 Å². The highest BCUT2D eigenvalue weighted by Crippen LogP contribution is 2.45. The third-order valence-corrected chi connectivity index (χ3v) is 13.6. The second-order valence-electron chi connectivity index (χ2n) is 18.5. The van der Waals surface area contributed by atoms with Gasteiger partial charge in [-0.25, -0.2) is 0 Å². The van der Waals surface area contributed by atoms with Crippen molar-refractivity contribution < 1.29 is 38.3 Å². The Kier molecular flexibility index (Phi) is 21.0. The molecule has 366 valence electrons. The van der Waals surface area contributed by atoms with Gasteiger partial charge in [-0.15, -0.1) is 6.42 Å². The summed E-state index contributed by atoms with van der Waals surface area (Å²) in [5, 5.41) is 12.3. The number of hydrogen-bond donors (Lipinski definition) is 4. The summed E-state index contributed by atoms with van der Waals surface area (Å²) in [6, 6.07) is -1.40. The summed E-state index contributed by atoms with van der Waals surface area (Å²) < 4.78 is 5.49. The first-order valence-electron chi connectivity index (χ1n) is 23.6. The SMILES string of the molecule is C#CC1(C(=O)N[C@@H](CC)C(=O)N[C@@H](CCCCN2CCOCC2)C(=O)N(C)[C@H]2CCCCN(C)C(=O)[C@@H](CC)NC(=O)[C@H](Cc3cc(Cl)ccc3Cl)N(C)C(=O)[C@H](CC(C)C)NC2=O)CC1. The van der Waals surface area contributed by atoms with E-state index in [0.29, 0.717) is 73.9 Å². The molecule has 66 heavy (non-hydrogen) atoms. The van der Waals surface area contributed by atoms with Crippen molar-refractivity contribution in [1.29, 1.82) is 0 Å². The maximum absolute atomic E-state index is 14.8. The predicted octanol–water partition coefficient (Wildman–Crippen LogP) is 3.55. The second-order valence-corrected chi connectivity index (χ2v) is 19.3. The number of terminal acetylenes is 1. The number of hydrogen-bond acceptors (Lipinski definition) is 9. The lowest BCUT2D eigenvalue weighted by Gasteiger charge is -2.35. The minimum Gasteiger partial charge on any atom is -0.379 e. The second kappa shape index (κ2) is 25.6. The van der Waals surface area contributed by atoms with E-state index < -0.39 is 77.1 Å². The number of halogens is 2. The number of nitrogens with zero attached hydrogens (tertiary/aromatic N) is 4. The first kappa shape index (κ1) is 54.2. The molecular formula is C48H72Cl2N8O8. The van der Waals surface area contributed by atoms with Crippen LogP contribution in [0.1, 0.15) is 104 Å². The minimum atomic E-state index is -1.16. The molecule has 3 aliphatic rings. The van der Waals surface area contributed by atoms with Gasteiger partial charge in [0.05, 0.1) is 13.2 Å². The van der Waals surface area contributed by atoms with Gasteiger partial charge in [0.25, 0.3) is 0 Å². The zero-order valence-electron chi connectivity index (χ0n) is 39.9. The third kappa shape index (κ3) is 15.0. The first-order valence-corrected chi connectivity index (χ1v) is 24.3. The fraction of sp³-hybridized carbons (Fsp3) is 0.688. The van der Waals surface area contributed by atoms with Crippen LogP contribution in [0.3, 0.4) is 0 Å². The van der Waals surface area contributed by atoms with Gasteiger partial charge in [0.1, 0.15) is 41.7 Å². The number of amides is 7. The molecule has 4 rings (SSSR count). The van der Waals surface area contributed by atoms with Gasteiger partial charge in [-0.2, -0.15) is 0 Å². The lowest BCUT2D eigenvalue weighted by molar-refractivity contribution is -0.146. The zero-order chi connectivity index (χ0) is 48.7. The molecule has 18 heteroatoms. The van der Waals surface area contributed by atoms with E-state index in [-0.39, 0.29) is 43.9 Å². The molecule has 1 aromatic carbocycles. The van der Waals surface area contributed by atoms with E-state index >= 15 is 0 Å². The van der Waals surface area contributed by atoms with E-state index in [1.165, 1.54) is 28.8 Å². The molecule has 2 aliphatic heterocycles. The van der Waals surface area contributed by atoms with Crippen LogP contribution in [0.2, 0.25) is 10.0 Å². The minimum absolute atomic E-state index is 0.0386. The number of morpholine rings is 1. The normalized spacial score (nSPS) is 23.3. The quantitative estimate of drug-likeness (QED) is 0.134. The van der Waals surface area contributed by atoms with Crippen LogP contribution in [-0.4, -0.2) is 158 Å². The van der Waals surface area contributed by atoms with Crippen molar-refractivity contribution in [3.8, 4) is 12.3 Å². The first-order chi connectivity index (χ1) is 31.4. The molecule has 2 saturated heterocycles. The Balaban J connectivity index is 1.67. The number of unbranched alkanes of at least 4 members (excludes halogenated alkanes) is 1. The summed E-state index contributed by atoms with van der Waals surface area (Å²) in [5.41, 5.74) is -0.421. The average molecular weight is 960 g/mol. The van der Waals surface area contributed by atoms with Crippen LogP contribution in [0.15, 0.2) is 18.2 Å².